The van der Waals surface area contributed by atoms with E-state index >= 15 is 0 Å². The molecule has 4 rings (SSSR count). The first-order valence-electron chi connectivity index (χ1n) is 8.11. The van der Waals surface area contributed by atoms with E-state index in [1.807, 2.05) is 0 Å². The number of benzene rings is 2. The van der Waals surface area contributed by atoms with E-state index in [9.17, 15) is 0 Å². The first-order valence-corrected chi connectivity index (χ1v) is 12.3. The molecule has 2 radical (unpaired) electrons. The molecule has 0 N–H and O–H groups in total. The average molecular weight is 436 g/mol. The molecule has 0 fully saturated rings. The van der Waals surface area contributed by atoms with Crippen LogP contribution < -0.4 is 0 Å². The molecule has 0 saturated carbocycles. The van der Waals surface area contributed by atoms with Crippen molar-refractivity contribution in [2.24, 2.45) is 5.41 Å². The summed E-state index contributed by atoms with van der Waals surface area (Å²) in [6, 6.07) is 19.3. The van der Waals surface area contributed by atoms with Crippen molar-refractivity contribution in [3.05, 3.63) is 93.3 Å². The van der Waals surface area contributed by atoms with Gasteiger partial charge in [-0.15, -0.1) is 46.2 Å². The molecule has 0 amide bonds. The molecule has 0 spiro atoms. The Morgan fingerprint density at radius 2 is 1.35 bits per heavy atom. The van der Waals surface area contributed by atoms with Crippen molar-refractivity contribution in [2.75, 3.05) is 0 Å². The van der Waals surface area contributed by atoms with Crippen LogP contribution in [0.5, 0.6) is 0 Å². The van der Waals surface area contributed by atoms with Crippen LogP contribution in [0.3, 0.4) is 0 Å². The quantitative estimate of drug-likeness (QED) is 0.265. The van der Waals surface area contributed by atoms with Crippen LogP contribution in [0, 0.1) is 26.3 Å². The molecule has 0 unspecified atom stereocenters. The van der Waals surface area contributed by atoms with Crippen molar-refractivity contribution < 1.29 is 23.3 Å². The summed E-state index contributed by atoms with van der Waals surface area (Å²) in [6.07, 6.45) is 8.50. The molecule has 0 nitrogen and oxygen atoms in total. The van der Waals surface area contributed by atoms with Crippen molar-refractivity contribution in [2.45, 2.75) is 27.2 Å². The van der Waals surface area contributed by atoms with Crippen LogP contribution in [0.4, 0.5) is 0 Å². The fourth-order valence-electron chi connectivity index (χ4n) is 2.82. The molecule has 1 aliphatic rings. The molecular weight excluding hydrogens is 408 g/mol. The van der Waals surface area contributed by atoms with E-state index in [2.05, 4.69) is 100 Å². The maximum absolute atomic E-state index is 3.16. The monoisotopic (exact) mass is 434 g/mol. The van der Waals surface area contributed by atoms with Gasteiger partial charge in [-0.25, -0.2) is 6.08 Å². The Morgan fingerprint density at radius 1 is 0.885 bits per heavy atom. The molecule has 0 aromatic heterocycles. The SMILES string of the molecule is CC(C)(C)C1=CC[C-]=C1.[CH3-].[CH3-].[Si]=[Zr].c1ccc2c(c1)[cH-]c1ccccc12. The topological polar surface area (TPSA) is 0 Å². The van der Waals surface area contributed by atoms with Gasteiger partial charge in [0.15, 0.2) is 0 Å². The van der Waals surface area contributed by atoms with Gasteiger partial charge in [-0.3, -0.25) is 6.08 Å². The van der Waals surface area contributed by atoms with Gasteiger partial charge in [0.2, 0.25) is 0 Å². The van der Waals surface area contributed by atoms with Crippen molar-refractivity contribution in [1.82, 2.24) is 0 Å². The summed E-state index contributed by atoms with van der Waals surface area (Å²) in [6.45, 7) is 9.74. The molecule has 0 atom stereocenters. The summed E-state index contributed by atoms with van der Waals surface area (Å²) >= 11 is 1.36. The Balaban J connectivity index is 0.000000431. The van der Waals surface area contributed by atoms with Crippen molar-refractivity contribution in [1.29, 1.82) is 0 Å². The smallest absolute Gasteiger partial charge is 0.0771 e. The second-order valence-corrected chi connectivity index (χ2v) is 6.78. The van der Waals surface area contributed by atoms with E-state index in [0.29, 0.717) is 5.41 Å². The number of rotatable bonds is 0. The minimum absolute atomic E-state index is 0. The predicted molar refractivity (Wildman–Crippen MR) is 116 cm³/mol. The molecule has 0 aliphatic heterocycles. The average Bonchev–Trinajstić information content (AvgIpc) is 3.25. The van der Waals surface area contributed by atoms with Crippen LogP contribution in [0.2, 0.25) is 0 Å². The first-order chi connectivity index (χ1) is 11.6. The summed E-state index contributed by atoms with van der Waals surface area (Å²) in [7, 11) is 0. The van der Waals surface area contributed by atoms with Crippen LogP contribution in [0.15, 0.2) is 72.3 Å². The summed E-state index contributed by atoms with van der Waals surface area (Å²) in [4.78, 5) is 0. The fourth-order valence-corrected chi connectivity index (χ4v) is 2.82. The van der Waals surface area contributed by atoms with Crippen LogP contribution in [-0.4, -0.2) is 6.88 Å². The molecule has 0 heterocycles. The van der Waals surface area contributed by atoms with E-state index in [0.717, 1.165) is 6.42 Å². The fraction of sp³-hybridized carbons (Fsp3) is 0.208. The maximum atomic E-state index is 3.16. The third kappa shape index (κ3) is 6.25. The Labute approximate surface area is 176 Å². The second-order valence-electron chi connectivity index (χ2n) is 6.78. The molecule has 0 saturated heterocycles. The van der Waals surface area contributed by atoms with Crippen molar-refractivity contribution in [3.63, 3.8) is 0 Å². The third-order valence-electron chi connectivity index (χ3n) is 4.09. The number of fused-ring (bicyclic) bond motifs is 3. The predicted octanol–water partition coefficient (Wildman–Crippen LogP) is 6.95. The van der Waals surface area contributed by atoms with Crippen LogP contribution in [0.1, 0.15) is 27.2 Å². The molecule has 2 heteroatoms. The number of hydrogen-bond donors (Lipinski definition) is 0. The van der Waals surface area contributed by atoms with E-state index in [1.165, 1.54) is 50.5 Å². The van der Waals surface area contributed by atoms with Gasteiger partial charge in [0.05, 0.1) is 0 Å². The second kappa shape index (κ2) is 11.6. The maximum Gasteiger partial charge on any atom is -0.0771 e. The van der Waals surface area contributed by atoms with Gasteiger partial charge >= 0.3 is 30.2 Å². The molecule has 3 aromatic rings. The molecule has 136 valence electrons. The largest absolute Gasteiger partial charge is 0.126 e. The first kappa shape index (κ1) is 24.9. The summed E-state index contributed by atoms with van der Waals surface area (Å²) in [5.41, 5.74) is 1.74. The van der Waals surface area contributed by atoms with Gasteiger partial charge in [-0.05, 0) is 0 Å². The van der Waals surface area contributed by atoms with Crippen LogP contribution in [0.25, 0.3) is 21.5 Å². The summed E-state index contributed by atoms with van der Waals surface area (Å²) < 4.78 is 0. The minimum Gasteiger partial charge on any atom is -0.126 e. The Kier molecular flexibility index (Phi) is 11.1. The van der Waals surface area contributed by atoms with Crippen molar-refractivity contribution >= 4 is 28.4 Å². The van der Waals surface area contributed by atoms with Crippen LogP contribution in [-0.2, 0) is 23.3 Å². The third-order valence-corrected chi connectivity index (χ3v) is 4.09. The van der Waals surface area contributed by atoms with Gasteiger partial charge in [0.25, 0.3) is 0 Å². The van der Waals surface area contributed by atoms with Crippen molar-refractivity contribution in [3.8, 4) is 0 Å². The van der Waals surface area contributed by atoms with Gasteiger partial charge in [0, 0.05) is 0 Å². The normalized spacial score (nSPS) is 12.0. The zero-order valence-corrected chi connectivity index (χ0v) is 20.0. The molecule has 0 bridgehead atoms. The minimum atomic E-state index is 0. The molecule has 26 heavy (non-hydrogen) atoms. The zero-order chi connectivity index (χ0) is 17.6. The Bertz CT molecular complexity index is 812. The van der Waals surface area contributed by atoms with E-state index in [4.69, 9.17) is 0 Å². The number of hydrogen-bond acceptors (Lipinski definition) is 0. The van der Waals surface area contributed by atoms with Gasteiger partial charge in [-0.2, -0.15) is 11.6 Å². The Morgan fingerprint density at radius 3 is 1.69 bits per heavy atom. The molecule has 1 aliphatic carbocycles. The van der Waals surface area contributed by atoms with E-state index < -0.39 is 0 Å². The number of allylic oxidation sites excluding steroid dienone is 4. The zero-order valence-electron chi connectivity index (χ0n) is 16.6. The molecule has 3 aromatic carbocycles. The van der Waals surface area contributed by atoms with Gasteiger partial charge in [0.1, 0.15) is 0 Å². The van der Waals surface area contributed by atoms with E-state index in [1.54, 1.807) is 0 Å². The van der Waals surface area contributed by atoms with Crippen LogP contribution >= 0.6 is 0 Å². The van der Waals surface area contributed by atoms with Gasteiger partial charge in [-0.1, -0.05) is 62.6 Å². The Hall–Kier alpha value is -1.11. The summed E-state index contributed by atoms with van der Waals surface area (Å²) in [5, 5.41) is 5.39. The summed E-state index contributed by atoms with van der Waals surface area (Å²) in [5.74, 6) is 0. The molecular formula is C24H28SiZr-4. The van der Waals surface area contributed by atoms with Gasteiger partial charge < -0.3 is 14.9 Å². The standard InChI is InChI=1S/C13H9.C9H13.2CH3.Si.Zr/c1-3-7-12-10(5-1)9-11-6-2-4-8-13(11)12;1-9(2,3)8-6-4-5-7-8;;;;/h1-9H;6-7H,4H2,1-3H3;2*1H3;;/q4*-1;;. The van der Waals surface area contributed by atoms with E-state index in [-0.39, 0.29) is 14.9 Å².